The summed E-state index contributed by atoms with van der Waals surface area (Å²) in [5.41, 5.74) is 45.8. The van der Waals surface area contributed by atoms with Crippen LogP contribution in [-0.2, 0) is 16.2 Å². The van der Waals surface area contributed by atoms with E-state index in [1.54, 1.807) is 0 Å². The molecule has 26 rings (SSSR count). The third-order valence-electron chi connectivity index (χ3n) is 26.6. The maximum atomic E-state index is 2.83. The monoisotopic (exact) mass is 1380 g/mol. The van der Waals surface area contributed by atoms with Gasteiger partial charge in [0.15, 0.2) is 0 Å². The van der Waals surface area contributed by atoms with Crippen molar-refractivity contribution in [1.29, 1.82) is 0 Å². The van der Waals surface area contributed by atoms with Gasteiger partial charge in [-0.1, -0.05) is 328 Å². The molecule has 0 unspecified atom stereocenters. The van der Waals surface area contributed by atoms with Crippen LogP contribution in [0.15, 0.2) is 376 Å². The zero-order valence-corrected chi connectivity index (χ0v) is 59.2. The van der Waals surface area contributed by atoms with Crippen molar-refractivity contribution in [3.63, 3.8) is 0 Å². The SMILES string of the molecule is c1ccc(-c2ccc(N3c4cc5c(cc4B4c6ccc7c(c6N(c6cccc8c6-c6ccccc6C86c8ccccc8-c8ccccc86)c6cc(-n8c9ccccc9c9ccccc98)cc3c64)-c3ccccc3C73c4ccccc4-c4ccccc43)-c3ccccc3C53c4ccccc4-c4ccccc43)cc2)cc1. The van der Waals surface area contributed by atoms with Crippen LogP contribution >= 0.6 is 0 Å². The second-order valence-corrected chi connectivity index (χ2v) is 31.0. The Morgan fingerprint density at radius 1 is 0.211 bits per heavy atom. The summed E-state index contributed by atoms with van der Waals surface area (Å²) in [4.78, 5) is 5.52. The first-order valence-electron chi connectivity index (χ1n) is 38.4. The number of rotatable bonds is 4. The van der Waals surface area contributed by atoms with Gasteiger partial charge in [-0.05, 0) is 198 Å². The lowest BCUT2D eigenvalue weighted by molar-refractivity contribution is 0.793. The normalized spacial score (nSPS) is 15.0. The molecule has 4 heteroatoms. The van der Waals surface area contributed by atoms with Crippen LogP contribution < -0.4 is 26.2 Å². The number of hydrogen-bond donors (Lipinski definition) is 0. The van der Waals surface area contributed by atoms with Crippen molar-refractivity contribution in [2.24, 2.45) is 0 Å². The van der Waals surface area contributed by atoms with Crippen molar-refractivity contribution in [1.82, 2.24) is 4.57 Å². The van der Waals surface area contributed by atoms with E-state index >= 15 is 0 Å². The Morgan fingerprint density at radius 2 is 0.587 bits per heavy atom. The molecule has 0 saturated carbocycles. The molecule has 2 aliphatic heterocycles. The Kier molecular flexibility index (Phi) is 11.2. The van der Waals surface area contributed by atoms with E-state index in [-0.39, 0.29) is 6.71 Å². The van der Waals surface area contributed by atoms with E-state index in [0.29, 0.717) is 0 Å². The average molecular weight is 1380 g/mol. The molecule has 0 atom stereocenters. The summed E-state index contributed by atoms with van der Waals surface area (Å²) in [6, 6.07) is 146. The molecule has 0 amide bonds. The highest BCUT2D eigenvalue weighted by Gasteiger charge is 2.59. The van der Waals surface area contributed by atoms with E-state index in [9.17, 15) is 0 Å². The summed E-state index contributed by atoms with van der Waals surface area (Å²) in [5, 5.41) is 2.44. The van der Waals surface area contributed by atoms with Crippen LogP contribution in [0, 0.1) is 0 Å². The first-order valence-corrected chi connectivity index (χ1v) is 38.4. The van der Waals surface area contributed by atoms with Gasteiger partial charge in [0.25, 0.3) is 6.71 Å². The number of nitrogens with zero attached hydrogens (tertiary/aromatic N) is 3. The van der Waals surface area contributed by atoms with E-state index in [2.05, 4.69) is 390 Å². The molecule has 17 aromatic carbocycles. The van der Waals surface area contributed by atoms with E-state index in [1.807, 2.05) is 0 Å². The maximum Gasteiger partial charge on any atom is 0.252 e. The lowest BCUT2D eigenvalue weighted by atomic mass is 9.33. The van der Waals surface area contributed by atoms with Crippen LogP contribution in [-0.4, -0.2) is 11.3 Å². The summed E-state index contributed by atoms with van der Waals surface area (Å²) in [7, 11) is 0. The molecule has 0 saturated heterocycles. The van der Waals surface area contributed by atoms with Gasteiger partial charge in [-0.3, -0.25) is 0 Å². The number of anilines is 6. The fourth-order valence-corrected chi connectivity index (χ4v) is 22.8. The molecule has 8 aliphatic rings. The Bertz CT molecular complexity index is 6960. The van der Waals surface area contributed by atoms with Gasteiger partial charge < -0.3 is 14.4 Å². The molecule has 0 bridgehead atoms. The van der Waals surface area contributed by atoms with Crippen LogP contribution in [0.4, 0.5) is 34.1 Å². The highest BCUT2D eigenvalue weighted by molar-refractivity contribution is 7.00. The largest absolute Gasteiger partial charge is 0.311 e. The molecule has 109 heavy (non-hydrogen) atoms. The second kappa shape index (κ2) is 20.8. The lowest BCUT2D eigenvalue weighted by Gasteiger charge is -2.46. The van der Waals surface area contributed by atoms with Crippen molar-refractivity contribution in [3.8, 4) is 83.6 Å². The fourth-order valence-electron chi connectivity index (χ4n) is 22.8. The van der Waals surface area contributed by atoms with Gasteiger partial charge in [0.2, 0.25) is 0 Å². The first-order chi connectivity index (χ1) is 54.1. The van der Waals surface area contributed by atoms with Crippen molar-refractivity contribution in [2.75, 3.05) is 9.80 Å². The van der Waals surface area contributed by atoms with Gasteiger partial charge in [-0.2, -0.15) is 0 Å². The summed E-state index contributed by atoms with van der Waals surface area (Å²) in [5.74, 6) is 0. The summed E-state index contributed by atoms with van der Waals surface area (Å²) in [6.07, 6.45) is 0. The Hall–Kier alpha value is -13.8. The second-order valence-electron chi connectivity index (χ2n) is 31.0. The molecular weight excluding hydrogens is 1310 g/mol. The maximum absolute atomic E-state index is 2.83. The molecule has 3 heterocycles. The third-order valence-corrected chi connectivity index (χ3v) is 26.6. The lowest BCUT2D eigenvalue weighted by Crippen LogP contribution is -2.61. The van der Waals surface area contributed by atoms with Gasteiger partial charge in [0.1, 0.15) is 0 Å². The predicted molar refractivity (Wildman–Crippen MR) is 449 cm³/mol. The van der Waals surface area contributed by atoms with Crippen LogP contribution in [0.2, 0.25) is 0 Å². The first kappa shape index (κ1) is 58.5. The van der Waals surface area contributed by atoms with Crippen LogP contribution in [0.3, 0.4) is 0 Å². The van der Waals surface area contributed by atoms with Crippen LogP contribution in [0.5, 0.6) is 0 Å². The van der Waals surface area contributed by atoms with Gasteiger partial charge in [0, 0.05) is 50.3 Å². The third kappa shape index (κ3) is 6.92. The minimum atomic E-state index is -0.636. The number of benzene rings is 17. The van der Waals surface area contributed by atoms with Crippen molar-refractivity contribution in [2.45, 2.75) is 16.2 Å². The summed E-state index contributed by atoms with van der Waals surface area (Å²) in [6.45, 7) is -0.281. The number of fused-ring (bicyclic) bond motifs is 38. The molecule has 0 N–H and O–H groups in total. The standard InChI is InChI=1S/C105H62BN3/c1-2-27-63(28-3-1)64-53-55-65(56-54-64)107-96-62-90-78(73-35-10-21-46-85(73)105(90)83-44-19-8-33-71(83)72-34-9-20-45-84(72)105)61-92(96)106-91-58-57-89-100(77-39-12-23-48-87(77)104(89)81-42-17-6-31-69(81)70-32-7-18-43-82(70)104)102(91)109(98-60-66(59-97(107)101(98)106)108-93-50-24-13-36-74(93)75-37-14-25-51-94(75)108)95-52-26-49-88-99(95)76-38-11-22-47-86(76)103(88)79-40-15-4-29-67(79)68-30-5-16-41-80(68)103/h1-62H. The van der Waals surface area contributed by atoms with E-state index in [0.717, 1.165) is 39.5 Å². The van der Waals surface area contributed by atoms with E-state index < -0.39 is 16.2 Å². The molecule has 500 valence electrons. The Morgan fingerprint density at radius 3 is 1.08 bits per heavy atom. The molecule has 3 nitrogen and oxygen atoms in total. The number of hydrogen-bond acceptors (Lipinski definition) is 2. The van der Waals surface area contributed by atoms with E-state index in [1.165, 1.54) is 183 Å². The zero-order chi connectivity index (χ0) is 70.7. The van der Waals surface area contributed by atoms with Crippen molar-refractivity contribution >= 4 is 79.0 Å². The van der Waals surface area contributed by atoms with Gasteiger partial charge in [-0.25, -0.2) is 0 Å². The smallest absolute Gasteiger partial charge is 0.252 e. The topological polar surface area (TPSA) is 11.4 Å². The molecule has 3 spiro atoms. The van der Waals surface area contributed by atoms with Crippen molar-refractivity contribution in [3.05, 3.63) is 443 Å². The summed E-state index contributed by atoms with van der Waals surface area (Å²) < 4.78 is 2.58. The molecule has 1 aromatic heterocycles. The van der Waals surface area contributed by atoms with Crippen LogP contribution in [0.1, 0.15) is 66.8 Å². The molecule has 18 aromatic rings. The molecule has 0 fully saturated rings. The fraction of sp³-hybridized carbons (Fsp3) is 0.0286. The average Bonchev–Trinajstić information content (AvgIpc) is 1.52. The van der Waals surface area contributed by atoms with Gasteiger partial charge in [0.05, 0.1) is 38.7 Å². The van der Waals surface area contributed by atoms with Crippen LogP contribution in [0.25, 0.3) is 105 Å². The Labute approximate surface area is 631 Å². The number of aromatic nitrogens is 1. The zero-order valence-electron chi connectivity index (χ0n) is 59.2. The molecular formula is C105H62BN3. The number of para-hydroxylation sites is 2. The predicted octanol–water partition coefficient (Wildman–Crippen LogP) is 23.6. The van der Waals surface area contributed by atoms with Gasteiger partial charge >= 0.3 is 0 Å². The quantitative estimate of drug-likeness (QED) is 0.163. The Balaban J connectivity index is 0.855. The molecule has 6 aliphatic carbocycles. The minimum Gasteiger partial charge on any atom is -0.311 e. The highest BCUT2D eigenvalue weighted by Crippen LogP contribution is 2.70. The van der Waals surface area contributed by atoms with E-state index in [4.69, 9.17) is 0 Å². The molecule has 0 radical (unpaired) electrons. The van der Waals surface area contributed by atoms with Gasteiger partial charge in [-0.15, -0.1) is 0 Å². The highest BCUT2D eigenvalue weighted by atomic mass is 15.2. The summed E-state index contributed by atoms with van der Waals surface area (Å²) >= 11 is 0. The van der Waals surface area contributed by atoms with Crippen molar-refractivity contribution < 1.29 is 0 Å². The minimum absolute atomic E-state index is 0.281.